The lowest BCUT2D eigenvalue weighted by Crippen LogP contribution is -2.40. The third-order valence-corrected chi connectivity index (χ3v) is 8.92. The van der Waals surface area contributed by atoms with Gasteiger partial charge in [-0.15, -0.1) is 11.3 Å². The molecule has 4 aromatic rings. The number of rotatable bonds is 7. The van der Waals surface area contributed by atoms with Gasteiger partial charge in [-0.3, -0.25) is 0 Å². The zero-order valence-electron chi connectivity index (χ0n) is 19.9. The molecule has 0 spiro atoms. The zero-order valence-corrected chi connectivity index (χ0v) is 21.5. The predicted molar refractivity (Wildman–Crippen MR) is 139 cm³/mol. The van der Waals surface area contributed by atoms with Crippen LogP contribution in [0.1, 0.15) is 5.56 Å². The van der Waals surface area contributed by atoms with Crippen LogP contribution in [0.3, 0.4) is 0 Å². The van der Waals surface area contributed by atoms with Crippen LogP contribution >= 0.6 is 11.3 Å². The summed E-state index contributed by atoms with van der Waals surface area (Å²) in [5, 5.41) is 1.97. The Morgan fingerprint density at radius 1 is 0.865 bits per heavy atom. The average Bonchev–Trinajstić information content (AvgIpc) is 3.31. The van der Waals surface area contributed by atoms with Gasteiger partial charge in [0.2, 0.25) is 10.0 Å². The molecule has 1 fully saturated rings. The van der Waals surface area contributed by atoms with E-state index in [0.717, 1.165) is 16.8 Å². The molecular formula is C27H25F2N3O3S2. The molecule has 0 bridgehead atoms. The Morgan fingerprint density at radius 2 is 1.49 bits per heavy atom. The van der Waals surface area contributed by atoms with Gasteiger partial charge in [-0.05, 0) is 78.2 Å². The maximum atomic E-state index is 13.5. The number of benzene rings is 3. The quantitative estimate of drug-likeness (QED) is 0.331. The lowest BCUT2D eigenvalue weighted by molar-refractivity contribution is 0.0730. The molecule has 0 atom stereocenters. The Labute approximate surface area is 218 Å². The highest BCUT2D eigenvalue weighted by Crippen LogP contribution is 2.24. The van der Waals surface area contributed by atoms with E-state index in [1.165, 1.54) is 39.9 Å². The second-order valence-electron chi connectivity index (χ2n) is 8.56. The number of sulfonamides is 1. The van der Waals surface area contributed by atoms with Crippen LogP contribution in [0.15, 0.2) is 88.1 Å². The van der Waals surface area contributed by atoms with Crippen molar-refractivity contribution in [1.82, 2.24) is 8.87 Å². The largest absolute Gasteiger partial charge is 0.379 e. The smallest absolute Gasteiger partial charge is 0.243 e. The van der Waals surface area contributed by atoms with Crippen molar-refractivity contribution in [2.45, 2.75) is 17.9 Å². The van der Waals surface area contributed by atoms with Crippen LogP contribution in [-0.2, 0) is 27.7 Å². The third kappa shape index (κ3) is 5.88. The van der Waals surface area contributed by atoms with Crippen LogP contribution in [0, 0.1) is 11.6 Å². The molecule has 5 rings (SSSR count). The minimum Gasteiger partial charge on any atom is -0.379 e. The monoisotopic (exact) mass is 541 g/mol. The summed E-state index contributed by atoms with van der Waals surface area (Å²) in [5.41, 5.74) is 3.33. The normalized spacial score (nSPS) is 15.2. The number of ether oxygens (including phenoxy) is 1. The first kappa shape index (κ1) is 25.5. The van der Waals surface area contributed by atoms with Crippen LogP contribution in [-0.4, -0.2) is 43.6 Å². The molecule has 1 aliphatic rings. The van der Waals surface area contributed by atoms with Crippen molar-refractivity contribution in [3.05, 3.63) is 100 Å². The standard InChI is InChI=1S/C27H25F2N3O3S2/c28-22-5-1-20(2-6-22)13-14-32-26(21-3-7-23(29)8-4-21)19-36-27(32)30-24-9-11-25(12-10-24)37(33,34)31-15-17-35-18-16-31/h1-12,19H,13-18H2. The highest BCUT2D eigenvalue weighted by atomic mass is 32.2. The van der Waals surface area contributed by atoms with Gasteiger partial charge in [0.25, 0.3) is 0 Å². The summed E-state index contributed by atoms with van der Waals surface area (Å²) in [6.45, 7) is 2.02. The Morgan fingerprint density at radius 3 is 2.14 bits per heavy atom. The fourth-order valence-corrected chi connectivity index (χ4v) is 6.48. The lowest BCUT2D eigenvalue weighted by Gasteiger charge is -2.26. The first-order chi connectivity index (χ1) is 17.9. The molecular weight excluding hydrogens is 516 g/mol. The van der Waals surface area contributed by atoms with E-state index < -0.39 is 10.0 Å². The molecule has 3 aromatic carbocycles. The predicted octanol–water partition coefficient (Wildman–Crippen LogP) is 4.99. The molecule has 1 saturated heterocycles. The molecule has 1 aromatic heterocycles. The molecule has 0 aliphatic carbocycles. The molecule has 0 unspecified atom stereocenters. The summed E-state index contributed by atoms with van der Waals surface area (Å²) in [5.74, 6) is -0.595. The number of hydrogen-bond acceptors (Lipinski definition) is 5. The first-order valence-corrected chi connectivity index (χ1v) is 14.1. The van der Waals surface area contributed by atoms with E-state index in [4.69, 9.17) is 9.73 Å². The van der Waals surface area contributed by atoms with Crippen LogP contribution in [0.4, 0.5) is 14.5 Å². The SMILES string of the molecule is O=S(=O)(c1ccc(N=c2scc(-c3ccc(F)cc3)n2CCc2ccc(F)cc2)cc1)N1CCOCC1. The van der Waals surface area contributed by atoms with E-state index in [1.807, 2.05) is 9.95 Å². The maximum Gasteiger partial charge on any atom is 0.243 e. The van der Waals surface area contributed by atoms with Gasteiger partial charge in [0.05, 0.1) is 29.5 Å². The van der Waals surface area contributed by atoms with Gasteiger partial charge < -0.3 is 9.30 Å². The zero-order chi connectivity index (χ0) is 25.8. The van der Waals surface area contributed by atoms with Gasteiger partial charge in [0, 0.05) is 25.0 Å². The molecule has 192 valence electrons. The number of thiazole rings is 1. The fourth-order valence-electron chi connectivity index (χ4n) is 4.12. The fraction of sp³-hybridized carbons (Fsp3) is 0.222. The Bertz CT molecular complexity index is 1520. The summed E-state index contributed by atoms with van der Waals surface area (Å²) < 4.78 is 61.4. The van der Waals surface area contributed by atoms with Crippen molar-refractivity contribution in [3.63, 3.8) is 0 Å². The summed E-state index contributed by atoms with van der Waals surface area (Å²) in [6.07, 6.45) is 0.648. The van der Waals surface area contributed by atoms with Crippen LogP contribution in [0.25, 0.3) is 11.3 Å². The van der Waals surface area contributed by atoms with E-state index in [-0.39, 0.29) is 16.5 Å². The van der Waals surface area contributed by atoms with E-state index in [9.17, 15) is 17.2 Å². The lowest BCUT2D eigenvalue weighted by atomic mass is 10.1. The molecule has 10 heteroatoms. The van der Waals surface area contributed by atoms with Gasteiger partial charge in [-0.2, -0.15) is 4.31 Å². The molecule has 2 heterocycles. The second-order valence-corrected chi connectivity index (χ2v) is 11.3. The van der Waals surface area contributed by atoms with Crippen molar-refractivity contribution in [2.24, 2.45) is 4.99 Å². The Balaban J connectivity index is 1.46. The van der Waals surface area contributed by atoms with Crippen LogP contribution in [0.2, 0.25) is 0 Å². The number of aryl methyl sites for hydroxylation is 1. The summed E-state index contributed by atoms with van der Waals surface area (Å²) >= 11 is 1.44. The van der Waals surface area contributed by atoms with Gasteiger partial charge in [-0.25, -0.2) is 22.2 Å². The molecule has 0 N–H and O–H groups in total. The molecule has 0 amide bonds. The summed E-state index contributed by atoms with van der Waals surface area (Å²) in [4.78, 5) is 5.72. The molecule has 0 saturated carbocycles. The number of morpholine rings is 1. The molecule has 37 heavy (non-hydrogen) atoms. The van der Waals surface area contributed by atoms with E-state index in [0.29, 0.717) is 49.8 Å². The Kier molecular flexibility index (Phi) is 7.61. The summed E-state index contributed by atoms with van der Waals surface area (Å²) in [7, 11) is -3.59. The number of aromatic nitrogens is 1. The van der Waals surface area contributed by atoms with E-state index in [2.05, 4.69) is 0 Å². The topological polar surface area (TPSA) is 63.9 Å². The van der Waals surface area contributed by atoms with Gasteiger partial charge >= 0.3 is 0 Å². The third-order valence-electron chi connectivity index (χ3n) is 6.14. The summed E-state index contributed by atoms with van der Waals surface area (Å²) in [6, 6.07) is 19.2. The molecule has 0 radical (unpaired) electrons. The molecule has 6 nitrogen and oxygen atoms in total. The highest BCUT2D eigenvalue weighted by Gasteiger charge is 2.26. The van der Waals surface area contributed by atoms with Crippen molar-refractivity contribution in [3.8, 4) is 11.3 Å². The minimum absolute atomic E-state index is 0.218. The number of hydrogen-bond donors (Lipinski definition) is 0. The van der Waals surface area contributed by atoms with Crippen molar-refractivity contribution in [2.75, 3.05) is 26.3 Å². The van der Waals surface area contributed by atoms with Crippen molar-refractivity contribution in [1.29, 1.82) is 0 Å². The second kappa shape index (κ2) is 11.1. The minimum atomic E-state index is -3.59. The van der Waals surface area contributed by atoms with Crippen LogP contribution in [0.5, 0.6) is 0 Å². The highest BCUT2D eigenvalue weighted by molar-refractivity contribution is 7.89. The van der Waals surface area contributed by atoms with Gasteiger partial charge in [0.1, 0.15) is 11.6 Å². The van der Waals surface area contributed by atoms with Crippen LogP contribution < -0.4 is 4.80 Å². The number of nitrogens with zero attached hydrogens (tertiary/aromatic N) is 3. The van der Waals surface area contributed by atoms with E-state index in [1.54, 1.807) is 48.5 Å². The van der Waals surface area contributed by atoms with Gasteiger partial charge in [-0.1, -0.05) is 12.1 Å². The molecule has 1 aliphatic heterocycles. The maximum absolute atomic E-state index is 13.5. The van der Waals surface area contributed by atoms with Crippen molar-refractivity contribution >= 4 is 27.0 Å². The average molecular weight is 542 g/mol. The number of halogens is 2. The van der Waals surface area contributed by atoms with E-state index >= 15 is 0 Å². The van der Waals surface area contributed by atoms with Gasteiger partial charge in [0.15, 0.2) is 4.80 Å². The Hall–Kier alpha value is -3.18. The first-order valence-electron chi connectivity index (χ1n) is 11.8. The van der Waals surface area contributed by atoms with Crippen molar-refractivity contribution < 1.29 is 21.9 Å².